The molecule has 0 fully saturated rings. The monoisotopic (exact) mass is 410 g/mol. The predicted octanol–water partition coefficient (Wildman–Crippen LogP) is 4.24. The second-order valence-electron chi connectivity index (χ2n) is 7.31. The first-order valence-electron chi connectivity index (χ1n) is 10.5. The minimum atomic E-state index is -0.143. The summed E-state index contributed by atoms with van der Waals surface area (Å²) in [6.07, 6.45) is 8.48. The van der Waals surface area contributed by atoms with Gasteiger partial charge in [0, 0.05) is 49.0 Å². The molecule has 160 valence electrons. The van der Waals surface area contributed by atoms with E-state index >= 15 is 0 Å². The largest absolute Gasteiger partial charge is 0.466 e. The third kappa shape index (κ3) is 4.84. The molecule has 30 heavy (non-hydrogen) atoms. The summed E-state index contributed by atoms with van der Waals surface area (Å²) in [5.74, 6) is -0.143. The van der Waals surface area contributed by atoms with Crippen LogP contribution < -0.4 is 0 Å². The molecule has 3 rings (SSSR count). The van der Waals surface area contributed by atoms with Gasteiger partial charge in [-0.05, 0) is 57.2 Å². The molecule has 0 spiro atoms. The number of unbranched alkanes of at least 4 members (excludes halogenated alkanes) is 1. The highest BCUT2D eigenvalue weighted by atomic mass is 16.5. The highest BCUT2D eigenvalue weighted by Gasteiger charge is 2.20. The van der Waals surface area contributed by atoms with Gasteiger partial charge in [-0.2, -0.15) is 5.10 Å². The predicted molar refractivity (Wildman–Crippen MR) is 116 cm³/mol. The Labute approximate surface area is 177 Å². The number of methoxy groups -OCH3 is 1. The van der Waals surface area contributed by atoms with E-state index in [1.54, 1.807) is 7.11 Å². The van der Waals surface area contributed by atoms with Crippen LogP contribution in [0.3, 0.4) is 0 Å². The van der Waals surface area contributed by atoms with Crippen LogP contribution in [-0.4, -0.2) is 39.4 Å². The minimum Gasteiger partial charge on any atom is -0.466 e. The molecule has 0 saturated carbocycles. The Hall–Kier alpha value is -2.80. The molecule has 0 aromatic carbocycles. The SMILES string of the molecule is CCOC(=O)CCCCc1c(COC)nc2c(cnn2CC)c1-c1cncc(C)c1. The van der Waals surface area contributed by atoms with Crippen LogP contribution in [0.15, 0.2) is 24.7 Å². The van der Waals surface area contributed by atoms with E-state index in [2.05, 4.69) is 23.1 Å². The molecule has 0 aliphatic carbocycles. The molecule has 0 radical (unpaired) electrons. The summed E-state index contributed by atoms with van der Waals surface area (Å²) in [5.41, 5.74) is 6.16. The van der Waals surface area contributed by atoms with E-state index in [9.17, 15) is 4.79 Å². The smallest absolute Gasteiger partial charge is 0.305 e. The number of carbonyl (C=O) groups excluding carboxylic acids is 1. The Kier molecular flexibility index (Phi) is 7.52. The molecule has 7 nitrogen and oxygen atoms in total. The van der Waals surface area contributed by atoms with Crippen molar-refractivity contribution in [2.24, 2.45) is 0 Å². The van der Waals surface area contributed by atoms with Crippen LogP contribution in [0.25, 0.3) is 22.2 Å². The zero-order chi connectivity index (χ0) is 21.5. The maximum atomic E-state index is 11.7. The summed E-state index contributed by atoms with van der Waals surface area (Å²) in [6.45, 7) is 7.51. The van der Waals surface area contributed by atoms with Crippen LogP contribution in [0.4, 0.5) is 0 Å². The van der Waals surface area contributed by atoms with Crippen molar-refractivity contribution in [2.75, 3.05) is 13.7 Å². The van der Waals surface area contributed by atoms with Gasteiger partial charge in [0.1, 0.15) is 0 Å². The van der Waals surface area contributed by atoms with Crippen LogP contribution in [0.2, 0.25) is 0 Å². The molecule has 0 aliphatic rings. The maximum Gasteiger partial charge on any atom is 0.305 e. The molecular weight excluding hydrogens is 380 g/mol. The summed E-state index contributed by atoms with van der Waals surface area (Å²) in [5, 5.41) is 5.55. The van der Waals surface area contributed by atoms with Gasteiger partial charge >= 0.3 is 5.97 Å². The van der Waals surface area contributed by atoms with E-state index in [1.165, 1.54) is 0 Å². The van der Waals surface area contributed by atoms with E-state index in [-0.39, 0.29) is 5.97 Å². The van der Waals surface area contributed by atoms with Crippen LogP contribution in [-0.2, 0) is 33.8 Å². The van der Waals surface area contributed by atoms with Gasteiger partial charge in [0.15, 0.2) is 5.65 Å². The fourth-order valence-corrected chi connectivity index (χ4v) is 3.76. The third-order valence-corrected chi connectivity index (χ3v) is 5.08. The van der Waals surface area contributed by atoms with E-state index in [0.29, 0.717) is 19.6 Å². The lowest BCUT2D eigenvalue weighted by molar-refractivity contribution is -0.143. The Morgan fingerprint density at radius 1 is 1.17 bits per heavy atom. The first-order valence-corrected chi connectivity index (χ1v) is 10.5. The van der Waals surface area contributed by atoms with Crippen molar-refractivity contribution >= 4 is 17.0 Å². The van der Waals surface area contributed by atoms with Crippen LogP contribution in [0.5, 0.6) is 0 Å². The lowest BCUT2D eigenvalue weighted by Gasteiger charge is -2.16. The minimum absolute atomic E-state index is 0.143. The number of hydrogen-bond acceptors (Lipinski definition) is 6. The molecule has 0 bridgehead atoms. The van der Waals surface area contributed by atoms with Crippen molar-refractivity contribution in [3.63, 3.8) is 0 Å². The first kappa shape index (κ1) is 21.9. The van der Waals surface area contributed by atoms with Crippen molar-refractivity contribution in [1.29, 1.82) is 0 Å². The molecule has 3 aromatic rings. The number of nitrogens with zero attached hydrogens (tertiary/aromatic N) is 4. The van der Waals surface area contributed by atoms with Crippen LogP contribution in [0.1, 0.15) is 49.9 Å². The summed E-state index contributed by atoms with van der Waals surface area (Å²) < 4.78 is 12.4. The Balaban J connectivity index is 2.04. The zero-order valence-corrected chi connectivity index (χ0v) is 18.3. The molecule has 0 saturated heterocycles. The molecule has 3 heterocycles. The van der Waals surface area contributed by atoms with Crippen molar-refractivity contribution in [2.45, 2.75) is 59.6 Å². The van der Waals surface area contributed by atoms with Crippen LogP contribution in [0, 0.1) is 6.92 Å². The normalized spacial score (nSPS) is 11.2. The summed E-state index contributed by atoms with van der Waals surface area (Å²) >= 11 is 0. The highest BCUT2D eigenvalue weighted by molar-refractivity contribution is 5.95. The van der Waals surface area contributed by atoms with Gasteiger partial charge in [-0.25, -0.2) is 9.67 Å². The first-order chi connectivity index (χ1) is 14.6. The molecule has 0 atom stereocenters. The summed E-state index contributed by atoms with van der Waals surface area (Å²) in [4.78, 5) is 21.0. The third-order valence-electron chi connectivity index (χ3n) is 5.08. The second kappa shape index (κ2) is 10.3. The lowest BCUT2D eigenvalue weighted by atomic mass is 9.93. The van der Waals surface area contributed by atoms with Gasteiger partial charge in [0.25, 0.3) is 0 Å². The average Bonchev–Trinajstić information content (AvgIpc) is 3.14. The number of aromatic nitrogens is 4. The average molecular weight is 411 g/mol. The van der Waals surface area contributed by atoms with E-state index in [0.717, 1.165) is 64.8 Å². The van der Waals surface area contributed by atoms with Gasteiger partial charge in [0.2, 0.25) is 0 Å². The van der Waals surface area contributed by atoms with E-state index in [1.807, 2.05) is 37.1 Å². The van der Waals surface area contributed by atoms with Gasteiger partial charge in [-0.3, -0.25) is 9.78 Å². The molecule has 0 aliphatic heterocycles. The number of pyridine rings is 2. The standard InChI is InChI=1S/C23H30N4O3/c1-5-27-23-19(14-25-27)22(17-11-16(3)12-24-13-17)18(20(26-23)15-29-4)9-7-8-10-21(28)30-6-2/h11-14H,5-10,15H2,1-4H3. The molecule has 7 heteroatoms. The Bertz CT molecular complexity index is 1010. The Morgan fingerprint density at radius 3 is 2.70 bits per heavy atom. The molecule has 0 unspecified atom stereocenters. The number of fused-ring (bicyclic) bond motifs is 1. The fraction of sp³-hybridized carbons (Fsp3) is 0.478. The fourth-order valence-electron chi connectivity index (χ4n) is 3.76. The van der Waals surface area contributed by atoms with Crippen molar-refractivity contribution in [3.8, 4) is 11.1 Å². The van der Waals surface area contributed by atoms with Gasteiger partial charge in [-0.15, -0.1) is 0 Å². The summed E-state index contributed by atoms with van der Waals surface area (Å²) in [6, 6.07) is 2.14. The van der Waals surface area contributed by atoms with Crippen molar-refractivity contribution < 1.29 is 14.3 Å². The summed E-state index contributed by atoms with van der Waals surface area (Å²) in [7, 11) is 1.68. The number of rotatable bonds is 10. The van der Waals surface area contributed by atoms with Gasteiger partial charge in [-0.1, -0.05) is 0 Å². The topological polar surface area (TPSA) is 79.1 Å². The van der Waals surface area contributed by atoms with Gasteiger partial charge < -0.3 is 9.47 Å². The van der Waals surface area contributed by atoms with Crippen LogP contribution >= 0.6 is 0 Å². The maximum absolute atomic E-state index is 11.7. The Morgan fingerprint density at radius 2 is 2.00 bits per heavy atom. The van der Waals surface area contributed by atoms with E-state index < -0.39 is 0 Å². The number of hydrogen-bond donors (Lipinski definition) is 0. The quantitative estimate of drug-likeness (QED) is 0.367. The van der Waals surface area contributed by atoms with Crippen molar-refractivity contribution in [3.05, 3.63) is 41.5 Å². The van der Waals surface area contributed by atoms with Gasteiger partial charge in [0.05, 0.1) is 25.1 Å². The number of carbonyl (C=O) groups is 1. The number of ether oxygens (including phenoxy) is 2. The lowest BCUT2D eigenvalue weighted by Crippen LogP contribution is -2.07. The molecule has 3 aromatic heterocycles. The van der Waals surface area contributed by atoms with E-state index in [4.69, 9.17) is 14.5 Å². The molecule has 0 amide bonds. The number of aryl methyl sites for hydroxylation is 2. The van der Waals surface area contributed by atoms with Crippen molar-refractivity contribution in [1.82, 2.24) is 19.7 Å². The second-order valence-corrected chi connectivity index (χ2v) is 7.31. The molecule has 0 N–H and O–H groups in total. The number of esters is 1. The molecular formula is C23H30N4O3. The highest BCUT2D eigenvalue weighted by Crippen LogP contribution is 2.34. The zero-order valence-electron chi connectivity index (χ0n) is 18.3.